The zero-order chi connectivity index (χ0) is 31.9. The minimum absolute atomic E-state index is 1.12. The molecule has 0 N–H and O–H groups in total. The molecule has 48 heavy (non-hydrogen) atoms. The van der Waals surface area contributed by atoms with E-state index in [9.17, 15) is 0 Å². The fraction of sp³-hybridized carbons (Fsp3) is 0. The first-order valence-corrected chi connectivity index (χ1v) is 17.2. The SMILES string of the molecule is c1ccc(-c2ccc(N(c3ccc(-c4ccc(-c5ccccc5)c5ccccc45)cc3)c3ccc4c(c3)sc3ccccc34)cc2)cc1. The van der Waals surface area contributed by atoms with Crippen molar-refractivity contribution in [3.8, 4) is 33.4 Å². The molecule has 226 valence electrons. The lowest BCUT2D eigenvalue weighted by atomic mass is 9.92. The lowest BCUT2D eigenvalue weighted by molar-refractivity contribution is 1.29. The van der Waals surface area contributed by atoms with Crippen LogP contribution >= 0.6 is 11.3 Å². The van der Waals surface area contributed by atoms with Crippen molar-refractivity contribution in [2.24, 2.45) is 0 Å². The van der Waals surface area contributed by atoms with Gasteiger partial charge in [-0.2, -0.15) is 0 Å². The molecule has 0 radical (unpaired) electrons. The summed E-state index contributed by atoms with van der Waals surface area (Å²) >= 11 is 1.86. The third-order valence-corrected chi connectivity index (χ3v) is 10.4. The first kappa shape index (κ1) is 28.3. The molecule has 1 aromatic heterocycles. The summed E-state index contributed by atoms with van der Waals surface area (Å²) in [7, 11) is 0. The largest absolute Gasteiger partial charge is 0.310 e. The van der Waals surface area contributed by atoms with Crippen LogP contribution in [-0.2, 0) is 0 Å². The van der Waals surface area contributed by atoms with Crippen molar-refractivity contribution < 1.29 is 0 Å². The maximum Gasteiger partial charge on any atom is 0.0476 e. The van der Waals surface area contributed by atoms with Crippen molar-refractivity contribution in [3.63, 3.8) is 0 Å². The molecule has 0 spiro atoms. The Morgan fingerprint density at radius 2 is 0.729 bits per heavy atom. The second-order valence-corrected chi connectivity index (χ2v) is 13.2. The highest BCUT2D eigenvalue weighted by molar-refractivity contribution is 7.25. The van der Waals surface area contributed by atoms with E-state index >= 15 is 0 Å². The molecule has 0 saturated heterocycles. The molecule has 0 aliphatic rings. The van der Waals surface area contributed by atoms with E-state index in [1.54, 1.807) is 0 Å². The Kier molecular flexibility index (Phi) is 7.07. The van der Waals surface area contributed by atoms with E-state index in [1.165, 1.54) is 64.3 Å². The van der Waals surface area contributed by atoms with Gasteiger partial charge in [-0.1, -0.05) is 146 Å². The molecule has 0 amide bonds. The maximum absolute atomic E-state index is 2.37. The highest BCUT2D eigenvalue weighted by Crippen LogP contribution is 2.42. The van der Waals surface area contributed by atoms with E-state index in [-0.39, 0.29) is 0 Å². The molecule has 0 fully saturated rings. The van der Waals surface area contributed by atoms with Gasteiger partial charge in [0, 0.05) is 37.2 Å². The van der Waals surface area contributed by atoms with Crippen molar-refractivity contribution in [1.29, 1.82) is 0 Å². The van der Waals surface area contributed by atoms with Crippen molar-refractivity contribution in [3.05, 3.63) is 188 Å². The summed E-state index contributed by atoms with van der Waals surface area (Å²) in [5.74, 6) is 0. The topological polar surface area (TPSA) is 3.24 Å². The number of fused-ring (bicyclic) bond motifs is 4. The molecule has 9 rings (SSSR count). The van der Waals surface area contributed by atoms with Gasteiger partial charge in [0.1, 0.15) is 0 Å². The van der Waals surface area contributed by atoms with E-state index in [4.69, 9.17) is 0 Å². The first-order chi connectivity index (χ1) is 23.8. The monoisotopic (exact) mass is 629 g/mol. The van der Waals surface area contributed by atoms with Crippen molar-refractivity contribution >= 4 is 59.3 Å². The van der Waals surface area contributed by atoms with E-state index in [1.807, 2.05) is 11.3 Å². The van der Waals surface area contributed by atoms with Crippen LogP contribution in [0.3, 0.4) is 0 Å². The Hall–Kier alpha value is -5.96. The van der Waals surface area contributed by atoms with Gasteiger partial charge in [0.15, 0.2) is 0 Å². The van der Waals surface area contributed by atoms with Gasteiger partial charge in [0.2, 0.25) is 0 Å². The van der Waals surface area contributed by atoms with Gasteiger partial charge in [0.25, 0.3) is 0 Å². The Labute approximate surface area is 284 Å². The van der Waals surface area contributed by atoms with Crippen LogP contribution < -0.4 is 4.90 Å². The van der Waals surface area contributed by atoms with Crippen LogP contribution in [0.2, 0.25) is 0 Å². The molecular formula is C46H31NS. The number of hydrogen-bond acceptors (Lipinski definition) is 2. The molecule has 0 saturated carbocycles. The number of nitrogens with zero attached hydrogens (tertiary/aromatic N) is 1. The molecular weight excluding hydrogens is 599 g/mol. The van der Waals surface area contributed by atoms with E-state index in [0.717, 1.165) is 17.1 Å². The van der Waals surface area contributed by atoms with Crippen LogP contribution in [0.1, 0.15) is 0 Å². The van der Waals surface area contributed by atoms with Gasteiger partial charge >= 0.3 is 0 Å². The average Bonchev–Trinajstić information content (AvgIpc) is 3.54. The van der Waals surface area contributed by atoms with Crippen LogP contribution in [-0.4, -0.2) is 0 Å². The molecule has 9 aromatic rings. The van der Waals surface area contributed by atoms with E-state index in [0.29, 0.717) is 0 Å². The van der Waals surface area contributed by atoms with E-state index in [2.05, 4.69) is 193 Å². The fourth-order valence-electron chi connectivity index (χ4n) is 6.94. The number of benzene rings is 8. The van der Waals surface area contributed by atoms with Gasteiger partial charge in [-0.15, -0.1) is 11.3 Å². The van der Waals surface area contributed by atoms with Crippen LogP contribution in [0.25, 0.3) is 64.3 Å². The number of anilines is 3. The van der Waals surface area contributed by atoms with Gasteiger partial charge in [-0.05, 0) is 86.6 Å². The molecule has 0 atom stereocenters. The Bertz CT molecular complexity index is 2530. The molecule has 8 aromatic carbocycles. The zero-order valence-corrected chi connectivity index (χ0v) is 27.1. The van der Waals surface area contributed by atoms with E-state index < -0.39 is 0 Å². The fourth-order valence-corrected chi connectivity index (χ4v) is 8.08. The summed E-state index contributed by atoms with van der Waals surface area (Å²) < 4.78 is 2.61. The molecule has 0 unspecified atom stereocenters. The average molecular weight is 630 g/mol. The second-order valence-electron chi connectivity index (χ2n) is 12.1. The minimum atomic E-state index is 1.12. The van der Waals surface area contributed by atoms with Gasteiger partial charge in [-0.3, -0.25) is 0 Å². The Morgan fingerprint density at radius 1 is 0.292 bits per heavy atom. The maximum atomic E-state index is 2.37. The number of rotatable bonds is 6. The lowest BCUT2D eigenvalue weighted by Crippen LogP contribution is -2.09. The first-order valence-electron chi connectivity index (χ1n) is 16.3. The third-order valence-electron chi connectivity index (χ3n) is 9.30. The quantitative estimate of drug-likeness (QED) is 0.177. The molecule has 1 heterocycles. The molecule has 0 aliphatic heterocycles. The van der Waals surface area contributed by atoms with Crippen molar-refractivity contribution in [1.82, 2.24) is 0 Å². The molecule has 0 bridgehead atoms. The van der Waals surface area contributed by atoms with Crippen LogP contribution in [0.5, 0.6) is 0 Å². The summed E-state index contributed by atoms with van der Waals surface area (Å²) in [5.41, 5.74) is 10.8. The van der Waals surface area contributed by atoms with Gasteiger partial charge in [-0.25, -0.2) is 0 Å². The summed E-state index contributed by atoms with van der Waals surface area (Å²) in [6.45, 7) is 0. The van der Waals surface area contributed by atoms with Crippen LogP contribution in [0.15, 0.2) is 188 Å². The Balaban J connectivity index is 1.14. The summed E-state index contributed by atoms with van der Waals surface area (Å²) in [6, 6.07) is 68.1. The van der Waals surface area contributed by atoms with Crippen LogP contribution in [0.4, 0.5) is 17.1 Å². The predicted octanol–water partition coefficient (Wildman–Crippen LogP) is 13.7. The van der Waals surface area contributed by atoms with Crippen LogP contribution in [0, 0.1) is 0 Å². The van der Waals surface area contributed by atoms with Gasteiger partial charge in [0.05, 0.1) is 0 Å². The highest BCUT2D eigenvalue weighted by Gasteiger charge is 2.16. The predicted molar refractivity (Wildman–Crippen MR) is 208 cm³/mol. The normalized spacial score (nSPS) is 11.3. The highest BCUT2D eigenvalue weighted by atomic mass is 32.1. The zero-order valence-electron chi connectivity index (χ0n) is 26.3. The lowest BCUT2D eigenvalue weighted by Gasteiger charge is -2.26. The van der Waals surface area contributed by atoms with Crippen molar-refractivity contribution in [2.75, 3.05) is 4.90 Å². The molecule has 0 aliphatic carbocycles. The summed E-state index contributed by atoms with van der Waals surface area (Å²) in [4.78, 5) is 2.37. The summed E-state index contributed by atoms with van der Waals surface area (Å²) in [5, 5.41) is 5.15. The standard InChI is InChI=1S/C46H31NS/c1-3-11-32(12-4-1)33-19-23-36(24-20-33)47(38-27-28-44-43-17-9-10-18-45(43)48-46(44)31-38)37-25-21-35(22-26-37)40-30-29-39(34-13-5-2-6-14-34)41-15-7-8-16-42(40)41/h1-31H. The minimum Gasteiger partial charge on any atom is -0.310 e. The third kappa shape index (κ3) is 5.04. The second kappa shape index (κ2) is 12.0. The summed E-state index contributed by atoms with van der Waals surface area (Å²) in [6.07, 6.45) is 0. The molecule has 2 heteroatoms. The van der Waals surface area contributed by atoms with Gasteiger partial charge < -0.3 is 4.90 Å². The Morgan fingerprint density at radius 3 is 1.35 bits per heavy atom. The van der Waals surface area contributed by atoms with Crippen molar-refractivity contribution in [2.45, 2.75) is 0 Å². The number of hydrogen-bond donors (Lipinski definition) is 0. The number of thiophene rings is 1. The molecule has 1 nitrogen and oxygen atoms in total. The smallest absolute Gasteiger partial charge is 0.0476 e.